The van der Waals surface area contributed by atoms with Crippen molar-refractivity contribution in [3.63, 3.8) is 0 Å². The molecule has 1 amide bonds. The molecule has 0 unspecified atom stereocenters. The van der Waals surface area contributed by atoms with Gasteiger partial charge < -0.3 is 23.0 Å². The van der Waals surface area contributed by atoms with Crippen LogP contribution < -0.4 is 61.4 Å². The minimum Gasteiger partial charge on any atom is -0.449 e. The number of nitrogens with one attached hydrogen (secondary N) is 1. The van der Waals surface area contributed by atoms with E-state index in [1.54, 1.807) is 0 Å². The zero-order valence-electron chi connectivity index (χ0n) is 10.9. The molecule has 0 bridgehead atoms. The summed E-state index contributed by atoms with van der Waals surface area (Å²) < 4.78 is 75.8. The van der Waals surface area contributed by atoms with Crippen LogP contribution in [0, 0.1) is 0 Å². The molecule has 0 radical (unpaired) electrons. The van der Waals surface area contributed by atoms with Gasteiger partial charge in [0.15, 0.2) is 5.75 Å². The first-order valence-corrected chi connectivity index (χ1v) is 5.42. The van der Waals surface area contributed by atoms with Crippen molar-refractivity contribution >= 4 is 18.6 Å². The van der Waals surface area contributed by atoms with E-state index < -0.39 is 37.7 Å². The van der Waals surface area contributed by atoms with E-state index in [2.05, 4.69) is 4.74 Å². The number of hydrogen-bond acceptors (Lipinski definition) is 2. The Labute approximate surface area is 158 Å². The average molecular weight is 339 g/mol. The molecule has 21 heavy (non-hydrogen) atoms. The van der Waals surface area contributed by atoms with Crippen molar-refractivity contribution in [2.45, 2.75) is 19.1 Å². The van der Waals surface area contributed by atoms with Crippen LogP contribution in [0.3, 0.4) is 0 Å². The van der Waals surface area contributed by atoms with Crippen LogP contribution in [0.15, 0.2) is 24.3 Å². The Morgan fingerprint density at radius 3 is 2.29 bits per heavy atom. The molecular formula is C10H9BF6KNO2. The van der Waals surface area contributed by atoms with Crippen molar-refractivity contribution in [2.24, 2.45) is 0 Å². The maximum Gasteiger partial charge on any atom is 1.00 e. The SMILES string of the molecule is O=C(CC[B-](F)(F)F)Nc1ccccc1OC(F)(F)F.[K+]. The third kappa shape index (κ3) is 9.40. The molecule has 0 saturated heterocycles. The topological polar surface area (TPSA) is 38.3 Å². The number of hydrogen-bond donors (Lipinski definition) is 1. The molecule has 0 aliphatic carbocycles. The smallest absolute Gasteiger partial charge is 0.449 e. The molecule has 1 aromatic rings. The third-order valence-corrected chi connectivity index (χ3v) is 2.09. The first kappa shape index (κ1) is 20.8. The van der Waals surface area contributed by atoms with E-state index in [0.29, 0.717) is 0 Å². The molecule has 0 fully saturated rings. The largest absolute Gasteiger partial charge is 1.00 e. The Morgan fingerprint density at radius 2 is 1.76 bits per heavy atom. The van der Waals surface area contributed by atoms with Crippen LogP contribution in [-0.2, 0) is 4.79 Å². The minimum absolute atomic E-state index is 0. The first-order chi connectivity index (χ1) is 9.07. The van der Waals surface area contributed by atoms with Gasteiger partial charge in [-0.15, -0.1) is 13.2 Å². The molecular weight excluding hydrogens is 330 g/mol. The van der Waals surface area contributed by atoms with Crippen molar-refractivity contribution in [1.82, 2.24) is 0 Å². The van der Waals surface area contributed by atoms with Gasteiger partial charge in [0, 0.05) is 6.42 Å². The van der Waals surface area contributed by atoms with Gasteiger partial charge in [0.1, 0.15) is 0 Å². The fourth-order valence-corrected chi connectivity index (χ4v) is 1.29. The molecule has 0 aliphatic heterocycles. The van der Waals surface area contributed by atoms with Crippen molar-refractivity contribution in [1.29, 1.82) is 0 Å². The maximum atomic E-state index is 12.1. The van der Waals surface area contributed by atoms with E-state index in [4.69, 9.17) is 0 Å². The van der Waals surface area contributed by atoms with Crippen molar-refractivity contribution in [3.05, 3.63) is 24.3 Å². The number of amides is 1. The average Bonchev–Trinajstić information content (AvgIpc) is 2.26. The van der Waals surface area contributed by atoms with Crippen molar-refractivity contribution in [3.8, 4) is 5.75 Å². The molecule has 1 rings (SSSR count). The van der Waals surface area contributed by atoms with Gasteiger partial charge in [-0.1, -0.05) is 18.5 Å². The molecule has 0 saturated carbocycles. The summed E-state index contributed by atoms with van der Waals surface area (Å²) in [6.45, 7) is -5.12. The Balaban J connectivity index is 0.00000400. The summed E-state index contributed by atoms with van der Waals surface area (Å²) in [6, 6.07) is 4.58. The Kier molecular flexibility index (Phi) is 8.32. The molecule has 0 heterocycles. The Bertz CT molecular complexity index is 479. The van der Waals surface area contributed by atoms with Crippen LogP contribution in [0.25, 0.3) is 0 Å². The first-order valence-electron chi connectivity index (χ1n) is 5.42. The van der Waals surface area contributed by atoms with E-state index in [-0.39, 0.29) is 57.1 Å². The van der Waals surface area contributed by atoms with Gasteiger partial charge in [-0.2, -0.15) is 0 Å². The molecule has 0 aromatic heterocycles. The Morgan fingerprint density at radius 1 is 1.19 bits per heavy atom. The third-order valence-electron chi connectivity index (χ3n) is 2.09. The fourth-order valence-electron chi connectivity index (χ4n) is 1.29. The van der Waals surface area contributed by atoms with Gasteiger partial charge in [0.05, 0.1) is 5.69 Å². The van der Waals surface area contributed by atoms with Gasteiger partial charge >= 0.3 is 64.7 Å². The number of rotatable bonds is 5. The molecule has 0 aliphatic rings. The molecule has 11 heteroatoms. The number of carbonyl (C=O) groups excluding carboxylic acids is 1. The molecule has 0 atom stereocenters. The van der Waals surface area contributed by atoms with Crippen LogP contribution in [0.5, 0.6) is 5.75 Å². The van der Waals surface area contributed by atoms with Crippen LogP contribution in [0.1, 0.15) is 6.42 Å². The van der Waals surface area contributed by atoms with E-state index in [9.17, 15) is 30.9 Å². The normalized spacial score (nSPS) is 11.5. The fraction of sp³-hybridized carbons (Fsp3) is 0.300. The number of benzene rings is 1. The summed E-state index contributed by atoms with van der Waals surface area (Å²) in [5.41, 5.74) is -0.343. The summed E-state index contributed by atoms with van der Waals surface area (Å²) in [5.74, 6) is -1.73. The zero-order chi connectivity index (χ0) is 15.4. The zero-order valence-corrected chi connectivity index (χ0v) is 14.0. The summed E-state index contributed by atoms with van der Waals surface area (Å²) in [5, 5.41) is 1.95. The van der Waals surface area contributed by atoms with Crippen LogP contribution in [0.2, 0.25) is 6.32 Å². The van der Waals surface area contributed by atoms with Crippen LogP contribution >= 0.6 is 0 Å². The van der Waals surface area contributed by atoms with Gasteiger partial charge in [0.2, 0.25) is 5.91 Å². The van der Waals surface area contributed by atoms with Crippen LogP contribution in [0.4, 0.5) is 31.8 Å². The van der Waals surface area contributed by atoms with Gasteiger partial charge in [-0.25, -0.2) is 0 Å². The molecule has 112 valence electrons. The van der Waals surface area contributed by atoms with Gasteiger partial charge in [-0.3, -0.25) is 4.79 Å². The molecule has 0 spiro atoms. The number of ether oxygens (including phenoxy) is 1. The number of anilines is 1. The number of para-hydroxylation sites is 2. The Hall–Kier alpha value is -0.229. The summed E-state index contributed by atoms with van der Waals surface area (Å²) in [4.78, 5) is 11.2. The second-order valence-corrected chi connectivity index (χ2v) is 3.84. The van der Waals surface area contributed by atoms with E-state index >= 15 is 0 Å². The standard InChI is InChI=1S/C10H9BF6NO2.K/c12-10(13,14)20-8-4-2-1-3-7(8)18-9(19)5-6-11(15,16)17;/h1-4H,5-6H2,(H,18,19);/q-1;+1. The van der Waals surface area contributed by atoms with Crippen LogP contribution in [-0.4, -0.2) is 19.2 Å². The summed E-state index contributed by atoms with van der Waals surface area (Å²) >= 11 is 0. The molecule has 1 N–H and O–H groups in total. The monoisotopic (exact) mass is 339 g/mol. The second-order valence-electron chi connectivity index (χ2n) is 3.84. The number of alkyl halides is 3. The van der Waals surface area contributed by atoms with Gasteiger partial charge in [0.25, 0.3) is 0 Å². The summed E-state index contributed by atoms with van der Waals surface area (Å²) in [6.07, 6.45) is -7.12. The summed E-state index contributed by atoms with van der Waals surface area (Å²) in [7, 11) is 0. The number of halogens is 6. The maximum absolute atomic E-state index is 12.1. The predicted octanol–water partition coefficient (Wildman–Crippen LogP) is 0.765. The molecule has 3 nitrogen and oxygen atoms in total. The van der Waals surface area contributed by atoms with E-state index in [1.807, 2.05) is 5.32 Å². The van der Waals surface area contributed by atoms with Gasteiger partial charge in [-0.05, 0) is 12.1 Å². The van der Waals surface area contributed by atoms with Crippen molar-refractivity contribution in [2.75, 3.05) is 5.32 Å². The van der Waals surface area contributed by atoms with E-state index in [1.165, 1.54) is 12.1 Å². The van der Waals surface area contributed by atoms with Crippen molar-refractivity contribution < 1.29 is 87.0 Å². The number of carbonyl (C=O) groups is 1. The second kappa shape index (κ2) is 8.42. The molecule has 1 aromatic carbocycles. The minimum atomic E-state index is -5.12. The predicted molar refractivity (Wildman–Crippen MR) is 60.3 cm³/mol. The quantitative estimate of drug-likeness (QED) is 0.636. The van der Waals surface area contributed by atoms with E-state index in [0.717, 1.165) is 12.1 Å².